The first kappa shape index (κ1) is 13.8. The lowest BCUT2D eigenvalue weighted by atomic mass is 10.1. The first-order valence-corrected chi connectivity index (χ1v) is 7.54. The molecule has 4 N–H and O–H groups in total. The van der Waals surface area contributed by atoms with Crippen molar-refractivity contribution in [3.8, 4) is 0 Å². The Morgan fingerprint density at radius 2 is 2.21 bits per heavy atom. The zero-order valence-corrected chi connectivity index (χ0v) is 11.3. The molecule has 0 saturated heterocycles. The Morgan fingerprint density at radius 3 is 2.68 bits per heavy atom. The molecule has 0 aromatic heterocycles. The molecule has 0 radical (unpaired) electrons. The van der Waals surface area contributed by atoms with Crippen molar-refractivity contribution in [3.63, 3.8) is 0 Å². The Labute approximate surface area is 111 Å². The predicted octanol–water partition coefficient (Wildman–Crippen LogP) is 1.24. The number of rotatable bonds is 5. The van der Waals surface area contributed by atoms with E-state index in [0.29, 0.717) is 11.6 Å². The standard InChI is InChI=1S/C12H16N2O4S/c1-2-7-5-11(7)14-10-4-3-8(19(13,17)18)6-9(10)12(15)16/h3-4,6-7,11,14H,2,5H2,1H3,(H,15,16)(H2,13,17,18). The van der Waals surface area contributed by atoms with Crippen LogP contribution >= 0.6 is 0 Å². The number of carbonyl (C=O) groups is 1. The molecule has 1 aliphatic carbocycles. The van der Waals surface area contributed by atoms with E-state index < -0.39 is 16.0 Å². The van der Waals surface area contributed by atoms with Gasteiger partial charge in [-0.1, -0.05) is 13.3 Å². The summed E-state index contributed by atoms with van der Waals surface area (Å²) in [7, 11) is -3.89. The fourth-order valence-electron chi connectivity index (χ4n) is 2.08. The summed E-state index contributed by atoms with van der Waals surface area (Å²) in [5.74, 6) is -0.624. The lowest BCUT2D eigenvalue weighted by Crippen LogP contribution is -2.15. The van der Waals surface area contributed by atoms with Crippen molar-refractivity contribution in [1.82, 2.24) is 0 Å². The van der Waals surface area contributed by atoms with Crippen LogP contribution in [0.3, 0.4) is 0 Å². The van der Waals surface area contributed by atoms with Crippen LogP contribution in [0.4, 0.5) is 5.69 Å². The van der Waals surface area contributed by atoms with Gasteiger partial charge in [0.1, 0.15) is 0 Å². The minimum absolute atomic E-state index is 0.0757. The maximum atomic E-state index is 11.2. The average Bonchev–Trinajstić information content (AvgIpc) is 3.06. The Balaban J connectivity index is 2.31. The molecule has 1 saturated carbocycles. The van der Waals surface area contributed by atoms with E-state index >= 15 is 0 Å². The fraction of sp³-hybridized carbons (Fsp3) is 0.417. The van der Waals surface area contributed by atoms with Crippen molar-refractivity contribution in [2.75, 3.05) is 5.32 Å². The lowest BCUT2D eigenvalue weighted by molar-refractivity contribution is 0.0697. The van der Waals surface area contributed by atoms with Gasteiger partial charge in [-0.15, -0.1) is 0 Å². The minimum atomic E-state index is -3.89. The third-order valence-electron chi connectivity index (χ3n) is 3.34. The van der Waals surface area contributed by atoms with Gasteiger partial charge in [0, 0.05) is 11.7 Å². The zero-order valence-electron chi connectivity index (χ0n) is 10.5. The zero-order chi connectivity index (χ0) is 14.2. The Morgan fingerprint density at radius 1 is 1.53 bits per heavy atom. The summed E-state index contributed by atoms with van der Waals surface area (Å²) in [6, 6.07) is 4.12. The number of sulfonamides is 1. The molecule has 2 rings (SSSR count). The van der Waals surface area contributed by atoms with Gasteiger partial charge in [0.2, 0.25) is 10.0 Å². The summed E-state index contributed by atoms with van der Waals surface area (Å²) in [6.07, 6.45) is 2.04. The highest BCUT2D eigenvalue weighted by molar-refractivity contribution is 7.89. The predicted molar refractivity (Wildman–Crippen MR) is 70.6 cm³/mol. The molecule has 0 amide bonds. The van der Waals surface area contributed by atoms with Crippen LogP contribution in [0, 0.1) is 5.92 Å². The molecule has 1 aliphatic rings. The van der Waals surface area contributed by atoms with Crippen LogP contribution in [0.2, 0.25) is 0 Å². The minimum Gasteiger partial charge on any atom is -0.478 e. The molecule has 2 atom stereocenters. The molecule has 0 bridgehead atoms. The summed E-state index contributed by atoms with van der Waals surface area (Å²) < 4.78 is 22.4. The lowest BCUT2D eigenvalue weighted by Gasteiger charge is -2.10. The van der Waals surface area contributed by atoms with Crippen molar-refractivity contribution in [3.05, 3.63) is 23.8 Å². The number of nitrogens with one attached hydrogen (secondary N) is 1. The normalized spacial score (nSPS) is 22.0. The number of aromatic carboxylic acids is 1. The summed E-state index contributed by atoms with van der Waals surface area (Å²) in [4.78, 5) is 11.0. The molecule has 1 aromatic carbocycles. The number of hydrogen-bond donors (Lipinski definition) is 3. The number of anilines is 1. The first-order valence-electron chi connectivity index (χ1n) is 5.99. The smallest absolute Gasteiger partial charge is 0.337 e. The van der Waals surface area contributed by atoms with Gasteiger partial charge in [0.25, 0.3) is 0 Å². The van der Waals surface area contributed by atoms with Gasteiger partial charge in [0.15, 0.2) is 0 Å². The van der Waals surface area contributed by atoms with Crippen LogP contribution in [0.1, 0.15) is 30.1 Å². The van der Waals surface area contributed by atoms with Crippen molar-refractivity contribution < 1.29 is 18.3 Å². The van der Waals surface area contributed by atoms with E-state index in [4.69, 9.17) is 10.2 Å². The van der Waals surface area contributed by atoms with Crippen molar-refractivity contribution in [2.24, 2.45) is 11.1 Å². The summed E-state index contributed by atoms with van der Waals surface area (Å²) in [5.41, 5.74) is 0.356. The molecule has 104 valence electrons. The van der Waals surface area contributed by atoms with E-state index in [1.165, 1.54) is 12.1 Å². The van der Waals surface area contributed by atoms with Crippen LogP contribution in [0.15, 0.2) is 23.1 Å². The molecule has 2 unspecified atom stereocenters. The van der Waals surface area contributed by atoms with Crippen LogP contribution in [0.5, 0.6) is 0 Å². The largest absolute Gasteiger partial charge is 0.478 e. The van der Waals surface area contributed by atoms with E-state index in [1.807, 2.05) is 0 Å². The van der Waals surface area contributed by atoms with Crippen LogP contribution < -0.4 is 10.5 Å². The van der Waals surface area contributed by atoms with Gasteiger partial charge in [-0.2, -0.15) is 0 Å². The van der Waals surface area contributed by atoms with Gasteiger partial charge in [-0.3, -0.25) is 0 Å². The van der Waals surface area contributed by atoms with Crippen LogP contribution in [-0.4, -0.2) is 25.5 Å². The van der Waals surface area contributed by atoms with Gasteiger partial charge >= 0.3 is 5.97 Å². The molecular formula is C12H16N2O4S. The van der Waals surface area contributed by atoms with Crippen LogP contribution in [0.25, 0.3) is 0 Å². The molecule has 1 aromatic rings. The molecule has 0 spiro atoms. The molecule has 1 fully saturated rings. The topological polar surface area (TPSA) is 109 Å². The first-order chi connectivity index (χ1) is 8.82. The average molecular weight is 284 g/mol. The number of primary sulfonamides is 1. The SMILES string of the molecule is CCC1CC1Nc1ccc(S(N)(=O)=O)cc1C(=O)O. The van der Waals surface area contributed by atoms with Gasteiger partial charge in [0.05, 0.1) is 10.5 Å². The van der Waals surface area contributed by atoms with Gasteiger partial charge < -0.3 is 10.4 Å². The monoisotopic (exact) mass is 284 g/mol. The van der Waals surface area contributed by atoms with E-state index in [-0.39, 0.29) is 16.5 Å². The second-order valence-corrected chi connectivity index (χ2v) is 6.27. The molecule has 0 aliphatic heterocycles. The Hall–Kier alpha value is -1.60. The Kier molecular flexibility index (Phi) is 3.51. The highest BCUT2D eigenvalue weighted by atomic mass is 32.2. The Bertz CT molecular complexity index is 612. The van der Waals surface area contributed by atoms with E-state index in [9.17, 15) is 13.2 Å². The maximum absolute atomic E-state index is 11.2. The van der Waals surface area contributed by atoms with Crippen molar-refractivity contribution in [1.29, 1.82) is 0 Å². The third-order valence-corrected chi connectivity index (χ3v) is 4.25. The second kappa shape index (κ2) is 4.82. The number of hydrogen-bond acceptors (Lipinski definition) is 4. The quantitative estimate of drug-likeness (QED) is 0.753. The third kappa shape index (κ3) is 3.05. The summed E-state index contributed by atoms with van der Waals surface area (Å²) in [6.45, 7) is 2.08. The summed E-state index contributed by atoms with van der Waals surface area (Å²) in [5, 5.41) is 17.3. The van der Waals surface area contributed by atoms with Crippen LogP contribution in [-0.2, 0) is 10.0 Å². The number of carboxylic acids is 1. The van der Waals surface area contributed by atoms with E-state index in [1.54, 1.807) is 0 Å². The summed E-state index contributed by atoms with van der Waals surface area (Å²) >= 11 is 0. The van der Waals surface area contributed by atoms with Crippen molar-refractivity contribution in [2.45, 2.75) is 30.7 Å². The maximum Gasteiger partial charge on any atom is 0.337 e. The van der Waals surface area contributed by atoms with Gasteiger partial charge in [-0.25, -0.2) is 18.4 Å². The van der Waals surface area contributed by atoms with E-state index in [0.717, 1.165) is 18.9 Å². The number of carboxylic acid groups (broad SMARTS) is 1. The van der Waals surface area contributed by atoms with Crippen molar-refractivity contribution >= 4 is 21.7 Å². The molecule has 0 heterocycles. The van der Waals surface area contributed by atoms with E-state index in [2.05, 4.69) is 12.2 Å². The molecule has 6 nitrogen and oxygen atoms in total. The highest BCUT2D eigenvalue weighted by Gasteiger charge is 2.35. The number of nitrogens with two attached hydrogens (primary N) is 1. The molecule has 7 heteroatoms. The molecule has 19 heavy (non-hydrogen) atoms. The highest BCUT2D eigenvalue weighted by Crippen LogP contribution is 2.37. The van der Waals surface area contributed by atoms with Gasteiger partial charge in [-0.05, 0) is 30.5 Å². The second-order valence-electron chi connectivity index (χ2n) is 4.71. The molecular weight excluding hydrogens is 268 g/mol. The number of benzene rings is 1. The fourth-order valence-corrected chi connectivity index (χ4v) is 2.62.